The first-order valence-electron chi connectivity index (χ1n) is 12.7. The maximum atomic E-state index is 11.6. The van der Waals surface area contributed by atoms with Crippen LogP contribution in [0, 0.1) is 0 Å². The topological polar surface area (TPSA) is 98.2 Å². The summed E-state index contributed by atoms with van der Waals surface area (Å²) < 4.78 is 29.2. The third-order valence-corrected chi connectivity index (χ3v) is 8.26. The van der Waals surface area contributed by atoms with Gasteiger partial charge in [0.1, 0.15) is 5.75 Å². The van der Waals surface area contributed by atoms with E-state index in [1.807, 2.05) is 41.8 Å². The van der Waals surface area contributed by atoms with Crippen LogP contribution in [-0.2, 0) is 10.8 Å². The third-order valence-electron chi connectivity index (χ3n) is 6.34. The van der Waals surface area contributed by atoms with E-state index in [2.05, 4.69) is 25.2 Å². The number of hydrogen-bond acceptors (Lipinski definition) is 10. The average molecular weight is 566 g/mol. The largest absolute Gasteiger partial charge is 0.493 e. The molecular formula is C28H31N5O4S2. The molecule has 204 valence electrons. The molecule has 0 saturated carbocycles. The maximum Gasteiger partial charge on any atom is 0.278 e. The Labute approximate surface area is 234 Å². The minimum atomic E-state index is -0.659. The normalized spacial score (nSPS) is 14.6. The summed E-state index contributed by atoms with van der Waals surface area (Å²) in [6, 6.07) is 11.6. The summed E-state index contributed by atoms with van der Waals surface area (Å²) in [6.45, 7) is 3.25. The molecule has 0 radical (unpaired) electrons. The van der Waals surface area contributed by atoms with Crippen molar-refractivity contribution in [1.29, 1.82) is 0 Å². The number of pyridine rings is 1. The Morgan fingerprint density at radius 1 is 1.15 bits per heavy atom. The second-order valence-electron chi connectivity index (χ2n) is 8.94. The molecule has 1 N–H and O–H groups in total. The molecule has 2 aromatic heterocycles. The molecule has 0 atom stereocenters. The Bertz CT molecular complexity index is 1430. The SMILES string of the molecule is CN=Cc1cnc2cc(OCCCN3CCS(=O)CC3)c(OC)cc2c1Nc1ccc(Oc2nccs2)cc1. The van der Waals surface area contributed by atoms with Crippen molar-refractivity contribution in [2.75, 3.05) is 57.2 Å². The lowest BCUT2D eigenvalue weighted by atomic mass is 10.1. The van der Waals surface area contributed by atoms with Crippen LogP contribution in [0.2, 0.25) is 0 Å². The van der Waals surface area contributed by atoms with Crippen molar-refractivity contribution < 1.29 is 18.4 Å². The molecule has 3 heterocycles. The summed E-state index contributed by atoms with van der Waals surface area (Å²) in [5.74, 6) is 3.53. The van der Waals surface area contributed by atoms with Gasteiger partial charge < -0.3 is 24.4 Å². The van der Waals surface area contributed by atoms with E-state index in [4.69, 9.17) is 14.2 Å². The first kappa shape index (κ1) is 27.0. The van der Waals surface area contributed by atoms with Gasteiger partial charge in [0.15, 0.2) is 11.5 Å². The zero-order chi connectivity index (χ0) is 27.0. The number of aliphatic imine (C=N–C) groups is 1. The van der Waals surface area contributed by atoms with Crippen LogP contribution in [0.15, 0.2) is 59.2 Å². The van der Waals surface area contributed by atoms with Crippen molar-refractivity contribution in [3.8, 4) is 22.4 Å². The second kappa shape index (κ2) is 13.0. The van der Waals surface area contributed by atoms with Crippen LogP contribution in [0.1, 0.15) is 12.0 Å². The van der Waals surface area contributed by atoms with Gasteiger partial charge in [-0.1, -0.05) is 11.3 Å². The number of benzene rings is 2. The van der Waals surface area contributed by atoms with Crippen molar-refractivity contribution in [3.63, 3.8) is 0 Å². The zero-order valence-electron chi connectivity index (χ0n) is 22.0. The molecule has 2 aromatic carbocycles. The molecule has 1 fully saturated rings. The van der Waals surface area contributed by atoms with Gasteiger partial charge in [0.05, 0.1) is 24.9 Å². The van der Waals surface area contributed by atoms with Crippen molar-refractivity contribution in [2.45, 2.75) is 6.42 Å². The number of thiazole rings is 1. The van der Waals surface area contributed by atoms with Gasteiger partial charge in [-0.25, -0.2) is 4.98 Å². The highest BCUT2D eigenvalue weighted by atomic mass is 32.2. The lowest BCUT2D eigenvalue weighted by Crippen LogP contribution is -2.38. The van der Waals surface area contributed by atoms with Crippen LogP contribution in [0.3, 0.4) is 0 Å². The van der Waals surface area contributed by atoms with Crippen LogP contribution in [0.5, 0.6) is 22.4 Å². The van der Waals surface area contributed by atoms with Gasteiger partial charge in [0, 0.05) is 95.7 Å². The molecule has 1 saturated heterocycles. The number of anilines is 2. The highest BCUT2D eigenvalue weighted by Gasteiger charge is 2.16. The number of methoxy groups -OCH3 is 1. The van der Waals surface area contributed by atoms with Crippen LogP contribution < -0.4 is 19.5 Å². The first-order valence-corrected chi connectivity index (χ1v) is 15.1. The molecule has 9 nitrogen and oxygen atoms in total. The van der Waals surface area contributed by atoms with E-state index < -0.39 is 10.8 Å². The Morgan fingerprint density at radius 3 is 2.69 bits per heavy atom. The molecule has 0 bridgehead atoms. The molecule has 0 unspecified atom stereocenters. The lowest BCUT2D eigenvalue weighted by Gasteiger charge is -2.25. The molecule has 0 amide bonds. The van der Waals surface area contributed by atoms with Gasteiger partial charge in [-0.15, -0.1) is 0 Å². The van der Waals surface area contributed by atoms with Crippen LogP contribution in [-0.4, -0.2) is 77.2 Å². The summed E-state index contributed by atoms with van der Waals surface area (Å²) in [5, 5.41) is 6.90. The molecular weight excluding hydrogens is 534 g/mol. The number of rotatable bonds is 11. The smallest absolute Gasteiger partial charge is 0.278 e. The van der Waals surface area contributed by atoms with Crippen LogP contribution >= 0.6 is 11.3 Å². The number of nitrogens with zero attached hydrogens (tertiary/aromatic N) is 4. The van der Waals surface area contributed by atoms with Gasteiger partial charge in [0.2, 0.25) is 0 Å². The summed E-state index contributed by atoms with van der Waals surface area (Å²) >= 11 is 1.45. The van der Waals surface area contributed by atoms with Crippen molar-refractivity contribution in [3.05, 3.63) is 59.7 Å². The third kappa shape index (κ3) is 6.92. The van der Waals surface area contributed by atoms with Crippen molar-refractivity contribution >= 4 is 50.6 Å². The number of nitrogens with one attached hydrogen (secondary N) is 1. The molecule has 1 aliphatic rings. The predicted octanol–water partition coefficient (Wildman–Crippen LogP) is 5.12. The summed E-state index contributed by atoms with van der Waals surface area (Å²) in [4.78, 5) is 15.4. The van der Waals surface area contributed by atoms with Crippen molar-refractivity contribution in [2.24, 2.45) is 4.99 Å². The van der Waals surface area contributed by atoms with E-state index in [0.717, 1.165) is 65.4 Å². The molecule has 11 heteroatoms. The standard InChI is InChI=1S/C28H31N5O4S2/c1-29-18-20-19-31-24-17-26(36-12-3-9-33-10-14-39(34)15-11-33)25(35-2)16-23(24)27(20)32-21-4-6-22(7-5-21)37-28-30-8-13-38-28/h4-8,13,16-19H,3,9-12,14-15H2,1-2H3,(H,31,32). The summed E-state index contributed by atoms with van der Waals surface area (Å²) in [6.07, 6.45) is 6.17. The minimum Gasteiger partial charge on any atom is -0.493 e. The van der Waals surface area contributed by atoms with Gasteiger partial charge in [-0.2, -0.15) is 0 Å². The highest BCUT2D eigenvalue weighted by Crippen LogP contribution is 2.37. The van der Waals surface area contributed by atoms with E-state index in [9.17, 15) is 4.21 Å². The quantitative estimate of drug-likeness (QED) is 0.198. The van der Waals surface area contributed by atoms with E-state index in [1.54, 1.807) is 32.8 Å². The maximum absolute atomic E-state index is 11.6. The summed E-state index contributed by atoms with van der Waals surface area (Å²) in [5.41, 5.74) is 3.39. The van der Waals surface area contributed by atoms with Crippen LogP contribution in [0.25, 0.3) is 10.9 Å². The molecule has 0 spiro atoms. The van der Waals surface area contributed by atoms with Gasteiger partial charge in [0.25, 0.3) is 5.19 Å². The highest BCUT2D eigenvalue weighted by molar-refractivity contribution is 7.85. The summed E-state index contributed by atoms with van der Waals surface area (Å²) in [7, 11) is 2.72. The Kier molecular flexibility index (Phi) is 9.02. The van der Waals surface area contributed by atoms with Crippen molar-refractivity contribution in [1.82, 2.24) is 14.9 Å². The minimum absolute atomic E-state index is 0.558. The van der Waals surface area contributed by atoms with Gasteiger partial charge in [-0.05, 0) is 36.8 Å². The lowest BCUT2D eigenvalue weighted by molar-refractivity contribution is 0.241. The molecule has 4 aromatic rings. The van der Waals surface area contributed by atoms with E-state index >= 15 is 0 Å². The van der Waals surface area contributed by atoms with Gasteiger partial charge in [-0.3, -0.25) is 14.2 Å². The van der Waals surface area contributed by atoms with E-state index in [-0.39, 0.29) is 0 Å². The molecule has 5 rings (SSSR count). The Hall–Kier alpha value is -3.54. The first-order chi connectivity index (χ1) is 19.1. The fourth-order valence-electron chi connectivity index (χ4n) is 4.35. The fraction of sp³-hybridized carbons (Fsp3) is 0.321. The number of aromatic nitrogens is 2. The fourth-order valence-corrected chi connectivity index (χ4v) is 5.98. The zero-order valence-corrected chi connectivity index (χ0v) is 23.6. The van der Waals surface area contributed by atoms with Gasteiger partial charge >= 0.3 is 0 Å². The predicted molar refractivity (Wildman–Crippen MR) is 158 cm³/mol. The molecule has 1 aliphatic heterocycles. The molecule has 39 heavy (non-hydrogen) atoms. The second-order valence-corrected chi connectivity index (χ2v) is 11.5. The number of ether oxygens (including phenoxy) is 3. The monoisotopic (exact) mass is 565 g/mol. The van der Waals surface area contributed by atoms with Crippen LogP contribution in [0.4, 0.5) is 11.4 Å². The van der Waals surface area contributed by atoms with E-state index in [0.29, 0.717) is 29.0 Å². The van der Waals surface area contributed by atoms with E-state index in [1.165, 1.54) is 11.3 Å². The number of hydrogen-bond donors (Lipinski definition) is 1. The average Bonchev–Trinajstić information content (AvgIpc) is 3.47. The molecule has 0 aliphatic carbocycles. The number of fused-ring (bicyclic) bond motifs is 1. The Morgan fingerprint density at radius 2 is 1.97 bits per heavy atom. The Balaban J connectivity index is 1.33.